The molecule has 1 aliphatic heterocycles. The topological polar surface area (TPSA) is 85.4 Å². The molecule has 1 aliphatic rings. The first-order chi connectivity index (χ1) is 17.3. The number of fused-ring (bicyclic) bond motifs is 1. The average molecular weight is 507 g/mol. The maximum atomic E-state index is 13.2. The van der Waals surface area contributed by atoms with Gasteiger partial charge in [0.25, 0.3) is 11.5 Å². The molecule has 36 heavy (non-hydrogen) atoms. The lowest BCUT2D eigenvalue weighted by atomic mass is 10.1. The van der Waals surface area contributed by atoms with E-state index in [1.165, 1.54) is 11.6 Å². The molecule has 0 unspecified atom stereocenters. The molecule has 0 radical (unpaired) electrons. The second kappa shape index (κ2) is 9.31. The van der Waals surface area contributed by atoms with Gasteiger partial charge in [0, 0.05) is 50.9 Å². The van der Waals surface area contributed by atoms with Crippen LogP contribution in [0.15, 0.2) is 58.1 Å². The van der Waals surface area contributed by atoms with Gasteiger partial charge in [-0.05, 0) is 30.7 Å². The van der Waals surface area contributed by atoms with Gasteiger partial charge in [0.15, 0.2) is 11.2 Å². The molecule has 2 aromatic carbocycles. The molecule has 186 valence electrons. The Morgan fingerprint density at radius 2 is 1.61 bits per heavy atom. The highest BCUT2D eigenvalue weighted by Gasteiger charge is 2.28. The van der Waals surface area contributed by atoms with Gasteiger partial charge in [0.05, 0.1) is 6.54 Å². The molecule has 5 rings (SSSR count). The van der Waals surface area contributed by atoms with Crippen LogP contribution in [0, 0.1) is 6.92 Å². The number of anilines is 1. The number of hydrogen-bond donors (Lipinski definition) is 0. The molecule has 0 aliphatic carbocycles. The minimum atomic E-state index is -0.435. The Hall–Kier alpha value is -3.85. The lowest BCUT2D eigenvalue weighted by Gasteiger charge is -2.35. The number of hydrogen-bond acceptors (Lipinski definition) is 5. The molecule has 0 saturated carbocycles. The number of amides is 1. The van der Waals surface area contributed by atoms with Crippen molar-refractivity contribution in [3.8, 4) is 0 Å². The largest absolute Gasteiger partial charge is 0.339 e. The number of halogens is 1. The number of benzene rings is 2. The summed E-state index contributed by atoms with van der Waals surface area (Å²) in [4.78, 5) is 47.4. The number of nitrogens with zero attached hydrogens (tertiary/aromatic N) is 6. The summed E-state index contributed by atoms with van der Waals surface area (Å²) in [5.41, 5.74) is 2.43. The van der Waals surface area contributed by atoms with Gasteiger partial charge in [-0.2, -0.15) is 4.98 Å². The van der Waals surface area contributed by atoms with Crippen LogP contribution < -0.4 is 16.1 Å². The third-order valence-electron chi connectivity index (χ3n) is 6.76. The van der Waals surface area contributed by atoms with E-state index in [-0.39, 0.29) is 5.91 Å². The van der Waals surface area contributed by atoms with E-state index in [4.69, 9.17) is 16.6 Å². The fourth-order valence-electron chi connectivity index (χ4n) is 4.61. The Balaban J connectivity index is 1.52. The Bertz CT molecular complexity index is 1580. The van der Waals surface area contributed by atoms with Gasteiger partial charge in [0.2, 0.25) is 5.95 Å². The summed E-state index contributed by atoms with van der Waals surface area (Å²) < 4.78 is 4.31. The van der Waals surface area contributed by atoms with Crippen LogP contribution in [0.1, 0.15) is 21.5 Å². The SMILES string of the molecule is Cc1ccc(C(=O)N2CCN(c3nc4c(c(=O)n(C)c(=O)n4C)n3Cc3ccccc3Cl)CC2)cc1. The number of aromatic nitrogens is 4. The summed E-state index contributed by atoms with van der Waals surface area (Å²) in [6.45, 7) is 4.42. The molecular formula is C26H27ClN6O3. The molecule has 9 nitrogen and oxygen atoms in total. The lowest BCUT2D eigenvalue weighted by molar-refractivity contribution is 0.0746. The average Bonchev–Trinajstić information content (AvgIpc) is 3.27. The zero-order valence-electron chi connectivity index (χ0n) is 20.4. The predicted octanol–water partition coefficient (Wildman–Crippen LogP) is 2.41. The van der Waals surface area contributed by atoms with E-state index in [0.717, 1.165) is 15.7 Å². The van der Waals surface area contributed by atoms with Crippen LogP contribution in [0.3, 0.4) is 0 Å². The minimum absolute atomic E-state index is 0.00418. The number of carbonyl (C=O) groups excluding carboxylic acids is 1. The Morgan fingerprint density at radius 3 is 2.28 bits per heavy atom. The zero-order valence-corrected chi connectivity index (χ0v) is 21.2. The summed E-state index contributed by atoms with van der Waals surface area (Å²) >= 11 is 6.45. The highest BCUT2D eigenvalue weighted by molar-refractivity contribution is 6.31. The quantitative estimate of drug-likeness (QED) is 0.424. The van der Waals surface area contributed by atoms with Gasteiger partial charge >= 0.3 is 5.69 Å². The molecule has 0 bridgehead atoms. The van der Waals surface area contributed by atoms with Gasteiger partial charge in [0.1, 0.15) is 0 Å². The van der Waals surface area contributed by atoms with Crippen LogP contribution >= 0.6 is 11.6 Å². The van der Waals surface area contributed by atoms with Crippen LogP contribution in [0.5, 0.6) is 0 Å². The summed E-state index contributed by atoms with van der Waals surface area (Å²) in [7, 11) is 3.07. The Labute approximate surface area is 212 Å². The van der Waals surface area contributed by atoms with E-state index in [1.807, 2.05) is 58.9 Å². The molecular weight excluding hydrogens is 480 g/mol. The fraction of sp³-hybridized carbons (Fsp3) is 0.308. The predicted molar refractivity (Wildman–Crippen MR) is 140 cm³/mol. The van der Waals surface area contributed by atoms with E-state index in [0.29, 0.717) is 60.4 Å². The van der Waals surface area contributed by atoms with Crippen molar-refractivity contribution >= 4 is 34.6 Å². The number of imidazole rings is 1. The summed E-state index contributed by atoms with van der Waals surface area (Å²) in [5, 5.41) is 0.584. The molecule has 0 spiro atoms. The Kier molecular flexibility index (Phi) is 6.17. The van der Waals surface area contributed by atoms with Crippen molar-refractivity contribution < 1.29 is 4.79 Å². The monoisotopic (exact) mass is 506 g/mol. The van der Waals surface area contributed by atoms with Gasteiger partial charge < -0.3 is 9.80 Å². The smallest absolute Gasteiger partial charge is 0.332 e. The number of piperazine rings is 1. The van der Waals surface area contributed by atoms with E-state index < -0.39 is 11.2 Å². The number of aryl methyl sites for hydroxylation is 2. The molecule has 10 heteroatoms. The van der Waals surface area contributed by atoms with Crippen molar-refractivity contribution in [1.29, 1.82) is 0 Å². The van der Waals surface area contributed by atoms with E-state index >= 15 is 0 Å². The van der Waals surface area contributed by atoms with Crippen molar-refractivity contribution in [2.24, 2.45) is 14.1 Å². The van der Waals surface area contributed by atoms with Crippen LogP contribution in [-0.2, 0) is 20.6 Å². The maximum Gasteiger partial charge on any atom is 0.332 e. The lowest BCUT2D eigenvalue weighted by Crippen LogP contribution is -2.49. The summed E-state index contributed by atoms with van der Waals surface area (Å²) in [6.07, 6.45) is 0. The van der Waals surface area contributed by atoms with Crippen LogP contribution in [-0.4, -0.2) is 55.7 Å². The highest BCUT2D eigenvalue weighted by atomic mass is 35.5. The van der Waals surface area contributed by atoms with E-state index in [2.05, 4.69) is 4.90 Å². The third kappa shape index (κ3) is 4.09. The Morgan fingerprint density at radius 1 is 0.944 bits per heavy atom. The van der Waals surface area contributed by atoms with Crippen molar-refractivity contribution in [2.45, 2.75) is 13.5 Å². The highest BCUT2D eigenvalue weighted by Crippen LogP contribution is 2.25. The van der Waals surface area contributed by atoms with Crippen molar-refractivity contribution in [3.63, 3.8) is 0 Å². The number of rotatable bonds is 4. The normalized spacial score (nSPS) is 14.0. The second-order valence-corrected chi connectivity index (χ2v) is 9.52. The first-order valence-corrected chi connectivity index (χ1v) is 12.1. The molecule has 0 atom stereocenters. The first kappa shape index (κ1) is 23.9. The molecule has 1 fully saturated rings. The molecule has 1 saturated heterocycles. The summed E-state index contributed by atoms with van der Waals surface area (Å²) in [5.74, 6) is 0.571. The zero-order chi connectivity index (χ0) is 25.6. The second-order valence-electron chi connectivity index (χ2n) is 9.11. The van der Waals surface area contributed by atoms with Gasteiger partial charge in [-0.15, -0.1) is 0 Å². The molecule has 4 aromatic rings. The van der Waals surface area contributed by atoms with Gasteiger partial charge in [-0.1, -0.05) is 47.5 Å². The van der Waals surface area contributed by atoms with E-state index in [1.54, 1.807) is 13.1 Å². The summed E-state index contributed by atoms with van der Waals surface area (Å²) in [6, 6.07) is 15.0. The maximum absolute atomic E-state index is 13.2. The van der Waals surface area contributed by atoms with Crippen molar-refractivity contribution in [3.05, 3.63) is 91.1 Å². The van der Waals surface area contributed by atoms with Gasteiger partial charge in [-0.25, -0.2) is 4.79 Å². The van der Waals surface area contributed by atoms with Crippen molar-refractivity contribution in [2.75, 3.05) is 31.1 Å². The van der Waals surface area contributed by atoms with Crippen LogP contribution in [0.4, 0.5) is 5.95 Å². The van der Waals surface area contributed by atoms with Crippen molar-refractivity contribution in [1.82, 2.24) is 23.6 Å². The number of carbonyl (C=O) groups is 1. The van der Waals surface area contributed by atoms with Crippen LogP contribution in [0.25, 0.3) is 11.2 Å². The first-order valence-electron chi connectivity index (χ1n) is 11.8. The molecule has 2 aromatic heterocycles. The minimum Gasteiger partial charge on any atom is -0.339 e. The molecule has 0 N–H and O–H groups in total. The molecule has 1 amide bonds. The third-order valence-corrected chi connectivity index (χ3v) is 7.13. The van der Waals surface area contributed by atoms with Crippen LogP contribution in [0.2, 0.25) is 5.02 Å². The molecule has 3 heterocycles. The van der Waals surface area contributed by atoms with Gasteiger partial charge in [-0.3, -0.25) is 23.3 Å². The fourth-order valence-corrected chi connectivity index (χ4v) is 4.81. The standard InChI is InChI=1S/C26H27ClN6O3/c1-17-8-10-18(11-9-17)23(34)31-12-14-32(15-13-31)25-28-22-21(24(35)30(3)26(36)29(22)2)33(25)16-19-6-4-5-7-20(19)27/h4-11H,12-16H2,1-3H3. The van der Waals surface area contributed by atoms with E-state index in [9.17, 15) is 14.4 Å².